The van der Waals surface area contributed by atoms with Crippen LogP contribution in [0.5, 0.6) is 0 Å². The van der Waals surface area contributed by atoms with Crippen LogP contribution in [0.25, 0.3) is 0 Å². The van der Waals surface area contributed by atoms with Crippen molar-refractivity contribution in [1.29, 1.82) is 0 Å². The van der Waals surface area contributed by atoms with E-state index in [1.54, 1.807) is 38.1 Å². The Morgan fingerprint density at radius 1 is 1.00 bits per heavy atom. The van der Waals surface area contributed by atoms with Crippen molar-refractivity contribution >= 4 is 21.6 Å². The first-order chi connectivity index (χ1) is 13.6. The van der Waals surface area contributed by atoms with Gasteiger partial charge in [0.15, 0.2) is 11.6 Å². The second kappa shape index (κ2) is 8.22. The number of sulfonamides is 1. The molecule has 156 valence electrons. The second-order valence-corrected chi connectivity index (χ2v) is 9.54. The molecule has 3 rings (SSSR count). The minimum absolute atomic E-state index is 0.0646. The number of piperazine rings is 1. The van der Waals surface area contributed by atoms with Gasteiger partial charge < -0.3 is 4.98 Å². The van der Waals surface area contributed by atoms with Gasteiger partial charge in [0.05, 0.1) is 17.1 Å². The van der Waals surface area contributed by atoms with E-state index in [2.05, 4.69) is 4.98 Å². The lowest BCUT2D eigenvalue weighted by Gasteiger charge is -2.33. The highest BCUT2D eigenvalue weighted by Crippen LogP contribution is 2.21. The average molecular weight is 418 g/mol. The van der Waals surface area contributed by atoms with Gasteiger partial charge in [0.25, 0.3) is 0 Å². The molecule has 29 heavy (non-hydrogen) atoms. The fraction of sp³-hybridized carbons (Fsp3) is 0.429. The quantitative estimate of drug-likeness (QED) is 0.729. The number of nitrogens with one attached hydrogen (secondary N) is 1. The highest BCUT2D eigenvalue weighted by molar-refractivity contribution is 7.89. The molecule has 2 aromatic rings. The number of aryl methyl sites for hydroxylation is 2. The van der Waals surface area contributed by atoms with Crippen molar-refractivity contribution < 1.29 is 18.0 Å². The summed E-state index contributed by atoms with van der Waals surface area (Å²) >= 11 is 0. The van der Waals surface area contributed by atoms with Gasteiger partial charge in [0, 0.05) is 37.4 Å². The van der Waals surface area contributed by atoms with Crippen LogP contribution in [0.2, 0.25) is 0 Å². The smallest absolute Gasteiger partial charge is 0.243 e. The Labute approximate surface area is 171 Å². The molecule has 1 aliphatic rings. The number of aromatic amines is 1. The highest BCUT2D eigenvalue weighted by atomic mass is 32.2. The molecule has 0 spiro atoms. The molecule has 0 atom stereocenters. The Hall–Kier alpha value is -2.29. The molecule has 0 unspecified atom stereocenters. The summed E-state index contributed by atoms with van der Waals surface area (Å²) in [6.07, 6.45) is 0. The number of carbonyl (C=O) groups excluding carboxylic acids is 2. The van der Waals surface area contributed by atoms with Gasteiger partial charge in [-0.3, -0.25) is 14.5 Å². The van der Waals surface area contributed by atoms with Gasteiger partial charge in [-0.05, 0) is 45.4 Å². The van der Waals surface area contributed by atoms with Crippen LogP contribution in [-0.2, 0) is 10.0 Å². The van der Waals surface area contributed by atoms with Gasteiger partial charge >= 0.3 is 0 Å². The average Bonchev–Trinajstić information content (AvgIpc) is 2.97. The van der Waals surface area contributed by atoms with E-state index in [4.69, 9.17) is 0 Å². The molecule has 0 saturated carbocycles. The molecule has 7 nitrogen and oxygen atoms in total. The monoisotopic (exact) mass is 417 g/mol. The molecule has 8 heteroatoms. The summed E-state index contributed by atoms with van der Waals surface area (Å²) in [6, 6.07) is 6.84. The summed E-state index contributed by atoms with van der Waals surface area (Å²) in [7, 11) is -3.52. The third-order valence-electron chi connectivity index (χ3n) is 5.43. The fourth-order valence-electron chi connectivity index (χ4n) is 3.83. The van der Waals surface area contributed by atoms with Crippen molar-refractivity contribution in [3.05, 3.63) is 52.3 Å². The zero-order valence-corrected chi connectivity index (χ0v) is 18.1. The van der Waals surface area contributed by atoms with Gasteiger partial charge in [-0.1, -0.05) is 17.7 Å². The molecule has 1 aromatic carbocycles. The van der Waals surface area contributed by atoms with Crippen LogP contribution in [0.1, 0.15) is 44.6 Å². The van der Waals surface area contributed by atoms with E-state index in [-0.39, 0.29) is 18.1 Å². The molecule has 1 aromatic heterocycles. The molecular weight excluding hydrogens is 390 g/mol. The number of H-pyrrole nitrogens is 1. The number of aromatic nitrogens is 1. The SMILES string of the molecule is CC(=O)c1c(C)[nH]c(C(=O)CN2CCN(S(=O)(=O)c3ccc(C)cc3)CC2)c1C. The van der Waals surface area contributed by atoms with Gasteiger partial charge in [0.1, 0.15) is 0 Å². The van der Waals surface area contributed by atoms with E-state index in [9.17, 15) is 18.0 Å². The summed E-state index contributed by atoms with van der Waals surface area (Å²) in [6.45, 7) is 8.80. The van der Waals surface area contributed by atoms with Crippen molar-refractivity contribution in [1.82, 2.24) is 14.2 Å². The number of carbonyl (C=O) groups is 2. The largest absolute Gasteiger partial charge is 0.355 e. The molecule has 1 fully saturated rings. The number of hydrogen-bond acceptors (Lipinski definition) is 5. The first kappa shape index (κ1) is 21.4. The van der Waals surface area contributed by atoms with Crippen molar-refractivity contribution in [2.75, 3.05) is 32.7 Å². The summed E-state index contributed by atoms with van der Waals surface area (Å²) in [5, 5.41) is 0. The molecular formula is C21H27N3O4S. The van der Waals surface area contributed by atoms with Crippen LogP contribution in [0.4, 0.5) is 0 Å². The van der Waals surface area contributed by atoms with E-state index >= 15 is 0 Å². The minimum Gasteiger partial charge on any atom is -0.355 e. The summed E-state index contributed by atoms with van der Waals surface area (Å²) < 4.78 is 27.1. The number of ketones is 2. The zero-order chi connectivity index (χ0) is 21.3. The van der Waals surface area contributed by atoms with Crippen LogP contribution < -0.4 is 0 Å². The van der Waals surface area contributed by atoms with Crippen LogP contribution in [0, 0.1) is 20.8 Å². The van der Waals surface area contributed by atoms with Crippen molar-refractivity contribution in [3.8, 4) is 0 Å². The maximum atomic E-state index is 12.8. The summed E-state index contributed by atoms with van der Waals surface area (Å²) in [5.74, 6) is -0.154. The van der Waals surface area contributed by atoms with Crippen LogP contribution in [0.15, 0.2) is 29.2 Å². The molecule has 1 saturated heterocycles. The molecule has 0 aliphatic carbocycles. The van der Waals surface area contributed by atoms with Crippen molar-refractivity contribution in [2.24, 2.45) is 0 Å². The number of Topliss-reactive ketones (excluding diaryl/α,β-unsaturated/α-hetero) is 2. The van der Waals surface area contributed by atoms with Gasteiger partial charge in [-0.15, -0.1) is 0 Å². The predicted molar refractivity (Wildman–Crippen MR) is 111 cm³/mol. The molecule has 1 N–H and O–H groups in total. The first-order valence-corrected chi connectivity index (χ1v) is 11.1. The lowest BCUT2D eigenvalue weighted by molar-refractivity contribution is 0.0896. The van der Waals surface area contributed by atoms with Crippen LogP contribution in [0.3, 0.4) is 0 Å². The highest BCUT2D eigenvalue weighted by Gasteiger charge is 2.30. The Morgan fingerprint density at radius 3 is 2.10 bits per heavy atom. The lowest BCUT2D eigenvalue weighted by atomic mass is 10.1. The number of rotatable bonds is 6. The maximum Gasteiger partial charge on any atom is 0.243 e. The maximum absolute atomic E-state index is 12.8. The fourth-order valence-corrected chi connectivity index (χ4v) is 5.25. The number of nitrogens with zero attached hydrogens (tertiary/aromatic N) is 2. The summed E-state index contributed by atoms with van der Waals surface area (Å²) in [4.78, 5) is 29.8. The number of hydrogen-bond donors (Lipinski definition) is 1. The first-order valence-electron chi connectivity index (χ1n) is 9.63. The Balaban J connectivity index is 1.64. The van der Waals surface area contributed by atoms with Crippen LogP contribution in [-0.4, -0.2) is 66.9 Å². The Bertz CT molecular complexity index is 1030. The van der Waals surface area contributed by atoms with E-state index < -0.39 is 10.0 Å². The predicted octanol–water partition coefficient (Wildman–Crippen LogP) is 2.33. The second-order valence-electron chi connectivity index (χ2n) is 7.60. The summed E-state index contributed by atoms with van der Waals surface area (Å²) in [5.41, 5.74) is 3.42. The van der Waals surface area contributed by atoms with Gasteiger partial charge in [-0.2, -0.15) is 4.31 Å². The van der Waals surface area contributed by atoms with Gasteiger partial charge in [0.2, 0.25) is 10.0 Å². The van der Waals surface area contributed by atoms with Crippen molar-refractivity contribution in [3.63, 3.8) is 0 Å². The minimum atomic E-state index is -3.52. The molecule has 2 heterocycles. The number of benzene rings is 1. The third kappa shape index (κ3) is 4.34. The van der Waals surface area contributed by atoms with Crippen molar-refractivity contribution in [2.45, 2.75) is 32.6 Å². The van der Waals surface area contributed by atoms with E-state index in [1.165, 1.54) is 11.2 Å². The van der Waals surface area contributed by atoms with E-state index in [0.29, 0.717) is 53.6 Å². The lowest BCUT2D eigenvalue weighted by Crippen LogP contribution is -2.49. The standard InChI is InChI=1S/C21H27N3O4S/c1-14-5-7-18(8-6-14)29(27,28)24-11-9-23(10-12-24)13-19(26)21-15(2)20(17(4)25)16(3)22-21/h5-8,22H,9-13H2,1-4H3. The Morgan fingerprint density at radius 2 is 1.59 bits per heavy atom. The van der Waals surface area contributed by atoms with Gasteiger partial charge in [-0.25, -0.2) is 8.42 Å². The normalized spacial score (nSPS) is 16.1. The zero-order valence-electron chi connectivity index (χ0n) is 17.3. The van der Waals surface area contributed by atoms with Crippen LogP contribution >= 0.6 is 0 Å². The molecule has 0 bridgehead atoms. The third-order valence-corrected chi connectivity index (χ3v) is 7.34. The van der Waals surface area contributed by atoms with E-state index in [1.807, 2.05) is 11.8 Å². The molecule has 0 radical (unpaired) electrons. The Kier molecular flexibility index (Phi) is 6.07. The molecule has 0 amide bonds. The topological polar surface area (TPSA) is 90.6 Å². The van der Waals surface area contributed by atoms with E-state index in [0.717, 1.165) is 5.56 Å². The molecule has 1 aliphatic heterocycles.